The molecule has 4 amide bonds. The van der Waals surface area contributed by atoms with Crippen LogP contribution in [0.2, 0.25) is 5.02 Å². The van der Waals surface area contributed by atoms with Gasteiger partial charge in [-0.1, -0.05) is 23.7 Å². The first-order valence-corrected chi connectivity index (χ1v) is 20.4. The average Bonchev–Trinajstić information content (AvgIpc) is 3.64. The summed E-state index contributed by atoms with van der Waals surface area (Å²) in [5.41, 5.74) is 4.73. The van der Waals surface area contributed by atoms with Crippen molar-refractivity contribution in [2.24, 2.45) is 17.3 Å². The zero-order valence-corrected chi connectivity index (χ0v) is 32.5. The largest absolute Gasteiger partial charge is 0.371 e. The van der Waals surface area contributed by atoms with Crippen molar-refractivity contribution in [1.29, 1.82) is 0 Å². The number of rotatable bonds is 7. The fourth-order valence-corrected chi connectivity index (χ4v) is 10.5. The maximum absolute atomic E-state index is 13.3. The van der Waals surface area contributed by atoms with Crippen molar-refractivity contribution in [3.05, 3.63) is 87.9 Å². The molecule has 0 radical (unpaired) electrons. The number of benzene rings is 2. The standard InChI is InChI=1S/C43H47ClN8O4/c1-27-21-43(26-51(27)32-5-7-36(45-2)35(44)20-32)13-17-50(18-14-43)38-9-3-28(22-46-38)23-48-24-30(25-48)29-11-15-49(16-12-29)31-4-6-33-34(19-31)42(56)52(41(33)55)37-8-10-39(53)47-40(37)54/h3-7,9,19-20,22,27,29-30,37H,8,10-18,21,23-26H2,1H3,(H,47,53,54)/t27-,37?/m0/s1. The predicted molar refractivity (Wildman–Crippen MR) is 214 cm³/mol. The van der Waals surface area contributed by atoms with E-state index in [1.807, 2.05) is 24.3 Å². The van der Waals surface area contributed by atoms with E-state index in [0.29, 0.717) is 45.1 Å². The number of fused-ring (bicyclic) bond motifs is 1. The summed E-state index contributed by atoms with van der Waals surface area (Å²) >= 11 is 6.39. The maximum atomic E-state index is 13.3. The lowest BCUT2D eigenvalue weighted by Gasteiger charge is -2.46. The Labute approximate surface area is 332 Å². The summed E-state index contributed by atoms with van der Waals surface area (Å²) in [7, 11) is 0. The Balaban J connectivity index is 0.724. The zero-order chi connectivity index (χ0) is 38.7. The Kier molecular flexibility index (Phi) is 9.49. The van der Waals surface area contributed by atoms with E-state index in [-0.39, 0.29) is 18.7 Å². The summed E-state index contributed by atoms with van der Waals surface area (Å²) in [5, 5.41) is 2.78. The maximum Gasteiger partial charge on any atom is 0.262 e. The smallest absolute Gasteiger partial charge is 0.262 e. The van der Waals surface area contributed by atoms with E-state index in [4.69, 9.17) is 23.2 Å². The number of likely N-dealkylation sites (tertiary alicyclic amines) is 1. The summed E-state index contributed by atoms with van der Waals surface area (Å²) in [6, 6.07) is 15.2. The minimum atomic E-state index is -0.955. The fourth-order valence-electron chi connectivity index (χ4n) is 10.3. The molecule has 56 heavy (non-hydrogen) atoms. The van der Waals surface area contributed by atoms with Gasteiger partial charge in [-0.3, -0.25) is 34.3 Å². The van der Waals surface area contributed by atoms with E-state index in [1.54, 1.807) is 12.1 Å². The number of carbonyl (C=O) groups excluding carboxylic acids is 4. The molecule has 2 atom stereocenters. The molecule has 5 fully saturated rings. The number of aromatic nitrogens is 1. The van der Waals surface area contributed by atoms with Crippen molar-refractivity contribution in [2.75, 3.05) is 60.5 Å². The van der Waals surface area contributed by atoms with Crippen LogP contribution in [-0.4, -0.2) is 96.3 Å². The summed E-state index contributed by atoms with van der Waals surface area (Å²) < 4.78 is 0. The van der Waals surface area contributed by atoms with Gasteiger partial charge in [-0.2, -0.15) is 0 Å². The van der Waals surface area contributed by atoms with Crippen molar-refractivity contribution < 1.29 is 19.2 Å². The number of nitrogens with one attached hydrogen (secondary N) is 1. The van der Waals surface area contributed by atoms with Crippen LogP contribution in [-0.2, 0) is 16.1 Å². The number of imide groups is 2. The third kappa shape index (κ3) is 6.68. The lowest BCUT2D eigenvalue weighted by molar-refractivity contribution is -0.136. The molecule has 2 aromatic carbocycles. The molecule has 0 bridgehead atoms. The monoisotopic (exact) mass is 774 g/mol. The highest BCUT2D eigenvalue weighted by Gasteiger charge is 2.46. The molecule has 7 heterocycles. The van der Waals surface area contributed by atoms with E-state index in [2.05, 4.69) is 55.0 Å². The van der Waals surface area contributed by atoms with Crippen molar-refractivity contribution in [3.8, 4) is 0 Å². The normalized spacial score (nSPS) is 24.4. The highest BCUT2D eigenvalue weighted by Crippen LogP contribution is 2.46. The quantitative estimate of drug-likeness (QED) is 0.231. The first kappa shape index (κ1) is 36.6. The number of carbonyl (C=O) groups is 4. The summed E-state index contributed by atoms with van der Waals surface area (Å²) in [5.74, 6) is 0.491. The van der Waals surface area contributed by atoms with Gasteiger partial charge in [0.25, 0.3) is 11.8 Å². The highest BCUT2D eigenvalue weighted by atomic mass is 35.5. The van der Waals surface area contributed by atoms with Gasteiger partial charge in [0.2, 0.25) is 17.5 Å². The van der Waals surface area contributed by atoms with Crippen LogP contribution in [0.15, 0.2) is 54.7 Å². The van der Waals surface area contributed by atoms with Crippen LogP contribution in [0.5, 0.6) is 0 Å². The Morgan fingerprint density at radius 3 is 2.32 bits per heavy atom. The second-order valence-electron chi connectivity index (χ2n) is 16.9. The number of halogens is 1. The Morgan fingerprint density at radius 1 is 0.875 bits per heavy atom. The van der Waals surface area contributed by atoms with Gasteiger partial charge in [0.05, 0.1) is 17.7 Å². The molecule has 1 spiro atoms. The highest BCUT2D eigenvalue weighted by molar-refractivity contribution is 6.33. The van der Waals surface area contributed by atoms with Gasteiger partial charge in [0.1, 0.15) is 11.9 Å². The van der Waals surface area contributed by atoms with Crippen molar-refractivity contribution in [3.63, 3.8) is 0 Å². The molecule has 1 aromatic heterocycles. The van der Waals surface area contributed by atoms with Gasteiger partial charge in [0.15, 0.2) is 0 Å². The Hall–Kier alpha value is -4.99. The first-order valence-electron chi connectivity index (χ1n) is 20.0. The van der Waals surface area contributed by atoms with Gasteiger partial charge in [-0.05, 0) is 105 Å². The number of hydrogen-bond acceptors (Lipinski definition) is 9. The predicted octanol–water partition coefficient (Wildman–Crippen LogP) is 5.92. The summed E-state index contributed by atoms with van der Waals surface area (Å²) in [4.78, 5) is 69.7. The topological polar surface area (TPSA) is 114 Å². The number of hydrogen-bond donors (Lipinski definition) is 1. The fraction of sp³-hybridized carbons (Fsp3) is 0.488. The molecule has 12 nitrogen and oxygen atoms in total. The lowest BCUT2D eigenvalue weighted by Crippen LogP contribution is -2.54. The van der Waals surface area contributed by atoms with Crippen LogP contribution in [0.1, 0.15) is 78.1 Å². The van der Waals surface area contributed by atoms with Crippen LogP contribution in [0.25, 0.3) is 4.85 Å². The SMILES string of the molecule is [C-]#[N+]c1ccc(N2CC3(CCN(c4ccc(CN5CC(C6CCN(c7ccc8c(c7)C(=O)N(C7CCC(=O)NC7=O)C8=O)CC6)C5)cn4)CC3)C[C@@H]2C)cc1Cl. The Bertz CT molecular complexity index is 2110. The molecule has 0 saturated carbocycles. The first-order chi connectivity index (χ1) is 27.1. The van der Waals surface area contributed by atoms with E-state index in [9.17, 15) is 19.2 Å². The number of pyridine rings is 1. The van der Waals surface area contributed by atoms with E-state index in [0.717, 1.165) is 100 Å². The van der Waals surface area contributed by atoms with Gasteiger partial charge in [0, 0.05) is 87.4 Å². The molecule has 290 valence electrons. The minimum absolute atomic E-state index is 0.106. The molecule has 9 rings (SSSR count). The van der Waals surface area contributed by atoms with Crippen LogP contribution in [0.4, 0.5) is 22.9 Å². The number of piperidine rings is 3. The molecule has 13 heteroatoms. The minimum Gasteiger partial charge on any atom is -0.371 e. The molecule has 6 aliphatic heterocycles. The molecule has 0 aliphatic carbocycles. The van der Waals surface area contributed by atoms with Crippen molar-refractivity contribution in [2.45, 2.75) is 70.5 Å². The number of nitrogens with zero attached hydrogens (tertiary/aromatic N) is 7. The van der Waals surface area contributed by atoms with Crippen LogP contribution in [0, 0.1) is 23.8 Å². The molecule has 3 aromatic rings. The van der Waals surface area contributed by atoms with Gasteiger partial charge in [-0.25, -0.2) is 9.83 Å². The lowest BCUT2D eigenvalue weighted by atomic mass is 9.77. The number of anilines is 3. The Morgan fingerprint density at radius 2 is 1.62 bits per heavy atom. The third-order valence-corrected chi connectivity index (χ3v) is 13.8. The second-order valence-corrected chi connectivity index (χ2v) is 17.3. The van der Waals surface area contributed by atoms with Crippen molar-refractivity contribution >= 4 is 58.1 Å². The molecular formula is C43H47ClN8O4. The molecule has 6 aliphatic rings. The molecule has 5 saturated heterocycles. The third-order valence-electron chi connectivity index (χ3n) is 13.5. The van der Waals surface area contributed by atoms with Gasteiger partial charge in [-0.15, -0.1) is 0 Å². The molecule has 1 unspecified atom stereocenters. The summed E-state index contributed by atoms with van der Waals surface area (Å²) in [6.45, 7) is 17.5. The van der Waals surface area contributed by atoms with Crippen LogP contribution in [0.3, 0.4) is 0 Å². The van der Waals surface area contributed by atoms with Gasteiger partial charge >= 0.3 is 0 Å². The molecule has 1 N–H and O–H groups in total. The molecular weight excluding hydrogens is 728 g/mol. The van der Waals surface area contributed by atoms with Gasteiger partial charge < -0.3 is 14.7 Å². The number of amides is 4. The van der Waals surface area contributed by atoms with E-state index < -0.39 is 23.8 Å². The van der Waals surface area contributed by atoms with E-state index >= 15 is 0 Å². The summed E-state index contributed by atoms with van der Waals surface area (Å²) in [6.07, 6.45) is 7.92. The van der Waals surface area contributed by atoms with Crippen LogP contribution >= 0.6 is 11.6 Å². The second kappa shape index (κ2) is 14.5. The average molecular weight is 775 g/mol. The van der Waals surface area contributed by atoms with E-state index in [1.165, 1.54) is 12.0 Å². The van der Waals surface area contributed by atoms with Crippen molar-refractivity contribution in [1.82, 2.24) is 20.1 Å². The zero-order valence-electron chi connectivity index (χ0n) is 31.8. The van der Waals surface area contributed by atoms with Crippen LogP contribution < -0.4 is 20.0 Å².